The van der Waals surface area contributed by atoms with E-state index >= 15 is 0 Å². The van der Waals surface area contributed by atoms with Crippen molar-refractivity contribution in [3.05, 3.63) is 77.9 Å². The maximum atomic E-state index is 13.4. The van der Waals surface area contributed by atoms with Crippen LogP contribution in [0.2, 0.25) is 0 Å². The minimum Gasteiger partial charge on any atom is -0.490 e. The highest BCUT2D eigenvalue weighted by Gasteiger charge is 2.30. The van der Waals surface area contributed by atoms with Crippen molar-refractivity contribution in [3.63, 3.8) is 0 Å². The number of hydrogen-bond donors (Lipinski definition) is 2. The molecule has 0 bridgehead atoms. The van der Waals surface area contributed by atoms with Gasteiger partial charge in [0, 0.05) is 43.0 Å². The molecular formula is C31H36N4O4. The lowest BCUT2D eigenvalue weighted by molar-refractivity contribution is -0.116. The van der Waals surface area contributed by atoms with Gasteiger partial charge in [0.05, 0.1) is 30.2 Å². The number of anilines is 3. The fraction of sp³-hybridized carbons (Fsp3) is 0.290. The smallest absolute Gasteiger partial charge is 0.258 e. The van der Waals surface area contributed by atoms with Crippen LogP contribution in [-0.4, -0.2) is 57.1 Å². The highest BCUT2D eigenvalue weighted by Crippen LogP contribution is 2.43. The standard InChI is InChI=1S/C31H36N4O4/c1-6-38-27-19-25-26(20-28(27)39-7-2)33-31(37)29(25)30(22-11-9-8-10-12-22)32-23-13-15-24(16-14-23)35(21(3)36)18-17-34(4)5/h8-16,19-20,32H,6-7,17-18H2,1-5H3,(H,33,37)/b30-29-. The van der Waals surface area contributed by atoms with E-state index in [9.17, 15) is 9.59 Å². The molecule has 8 heteroatoms. The van der Waals surface area contributed by atoms with E-state index in [0.717, 1.165) is 29.0 Å². The molecule has 0 spiro atoms. The number of likely N-dealkylation sites (N-methyl/N-ethyl adjacent to an activating group) is 1. The molecule has 0 aliphatic carbocycles. The Hall–Kier alpha value is -4.30. The monoisotopic (exact) mass is 528 g/mol. The molecule has 0 unspecified atom stereocenters. The molecule has 3 aromatic rings. The molecule has 0 fully saturated rings. The van der Waals surface area contributed by atoms with Crippen molar-refractivity contribution >= 4 is 40.1 Å². The summed E-state index contributed by atoms with van der Waals surface area (Å²) >= 11 is 0. The molecule has 1 heterocycles. The van der Waals surface area contributed by atoms with Crippen LogP contribution in [0, 0.1) is 0 Å². The first kappa shape index (κ1) is 27.7. The summed E-state index contributed by atoms with van der Waals surface area (Å²) in [6.07, 6.45) is 0. The number of hydrogen-bond acceptors (Lipinski definition) is 6. The third kappa shape index (κ3) is 6.41. The first-order valence-electron chi connectivity index (χ1n) is 13.2. The summed E-state index contributed by atoms with van der Waals surface area (Å²) in [5.41, 5.74) is 5.06. The molecule has 8 nitrogen and oxygen atoms in total. The van der Waals surface area contributed by atoms with E-state index in [1.54, 1.807) is 11.8 Å². The number of rotatable bonds is 11. The Labute approximate surface area is 230 Å². The van der Waals surface area contributed by atoms with Crippen molar-refractivity contribution in [2.24, 2.45) is 0 Å². The second-order valence-electron chi connectivity index (χ2n) is 9.43. The minimum atomic E-state index is -0.212. The maximum absolute atomic E-state index is 13.4. The topological polar surface area (TPSA) is 83.1 Å². The number of nitrogens with one attached hydrogen (secondary N) is 2. The molecule has 1 aliphatic rings. The lowest BCUT2D eigenvalue weighted by atomic mass is 9.99. The van der Waals surface area contributed by atoms with Crippen molar-refractivity contribution in [1.82, 2.24) is 4.90 Å². The quantitative estimate of drug-likeness (QED) is 0.327. The summed E-state index contributed by atoms with van der Waals surface area (Å²) in [5, 5.41) is 6.47. The number of amides is 2. The second-order valence-corrected chi connectivity index (χ2v) is 9.43. The Bertz CT molecular complexity index is 1350. The van der Waals surface area contributed by atoms with Gasteiger partial charge in [0.2, 0.25) is 5.91 Å². The molecule has 3 aromatic carbocycles. The van der Waals surface area contributed by atoms with E-state index in [0.29, 0.717) is 48.2 Å². The summed E-state index contributed by atoms with van der Waals surface area (Å²) < 4.78 is 11.6. The molecule has 2 amide bonds. The molecular weight excluding hydrogens is 492 g/mol. The Balaban J connectivity index is 1.76. The summed E-state index contributed by atoms with van der Waals surface area (Å²) in [7, 11) is 3.96. The zero-order chi connectivity index (χ0) is 27.9. The van der Waals surface area contributed by atoms with Gasteiger partial charge in [-0.3, -0.25) is 9.59 Å². The largest absolute Gasteiger partial charge is 0.490 e. The molecule has 0 aromatic heterocycles. The fourth-order valence-electron chi connectivity index (χ4n) is 4.48. The number of ether oxygens (including phenoxy) is 2. The molecule has 2 N–H and O–H groups in total. The van der Waals surface area contributed by atoms with E-state index in [1.807, 2.05) is 99.6 Å². The molecule has 0 saturated heterocycles. The molecule has 4 rings (SSSR count). The van der Waals surface area contributed by atoms with Crippen LogP contribution < -0.4 is 25.0 Å². The van der Waals surface area contributed by atoms with E-state index in [1.165, 1.54) is 0 Å². The second kappa shape index (κ2) is 12.5. The number of carbonyl (C=O) groups excluding carboxylic acids is 2. The molecule has 204 valence electrons. The third-order valence-corrected chi connectivity index (χ3v) is 6.34. The van der Waals surface area contributed by atoms with Crippen LogP contribution in [-0.2, 0) is 9.59 Å². The van der Waals surface area contributed by atoms with Crippen molar-refractivity contribution in [1.29, 1.82) is 0 Å². The fourth-order valence-corrected chi connectivity index (χ4v) is 4.48. The molecule has 1 aliphatic heterocycles. The first-order chi connectivity index (χ1) is 18.8. The number of benzene rings is 3. The summed E-state index contributed by atoms with van der Waals surface area (Å²) in [4.78, 5) is 29.5. The molecule has 39 heavy (non-hydrogen) atoms. The number of fused-ring (bicyclic) bond motifs is 1. The Morgan fingerprint density at radius 2 is 1.54 bits per heavy atom. The van der Waals surface area contributed by atoms with Crippen LogP contribution in [0.25, 0.3) is 11.3 Å². The highest BCUT2D eigenvalue weighted by atomic mass is 16.5. The van der Waals surface area contributed by atoms with Gasteiger partial charge >= 0.3 is 0 Å². The number of nitrogens with zero attached hydrogens (tertiary/aromatic N) is 2. The van der Waals surface area contributed by atoms with E-state index in [-0.39, 0.29) is 11.8 Å². The van der Waals surface area contributed by atoms with Gasteiger partial charge in [-0.1, -0.05) is 30.3 Å². The van der Waals surface area contributed by atoms with Crippen LogP contribution in [0.3, 0.4) is 0 Å². The van der Waals surface area contributed by atoms with Gasteiger partial charge in [-0.15, -0.1) is 0 Å². The summed E-state index contributed by atoms with van der Waals surface area (Å²) in [6, 6.07) is 21.1. The third-order valence-electron chi connectivity index (χ3n) is 6.34. The van der Waals surface area contributed by atoms with Gasteiger partial charge in [0.25, 0.3) is 5.91 Å². The van der Waals surface area contributed by atoms with Gasteiger partial charge in [-0.05, 0) is 63.8 Å². The van der Waals surface area contributed by atoms with Crippen LogP contribution in [0.4, 0.5) is 17.1 Å². The van der Waals surface area contributed by atoms with Gasteiger partial charge in [-0.2, -0.15) is 0 Å². The van der Waals surface area contributed by atoms with Crippen LogP contribution >= 0.6 is 0 Å². The number of carbonyl (C=O) groups is 2. The van der Waals surface area contributed by atoms with Gasteiger partial charge < -0.3 is 29.9 Å². The van der Waals surface area contributed by atoms with Gasteiger partial charge in [-0.25, -0.2) is 0 Å². The highest BCUT2D eigenvalue weighted by molar-refractivity contribution is 6.37. The van der Waals surface area contributed by atoms with Gasteiger partial charge in [0.15, 0.2) is 11.5 Å². The van der Waals surface area contributed by atoms with E-state index in [4.69, 9.17) is 9.47 Å². The summed E-state index contributed by atoms with van der Waals surface area (Å²) in [6.45, 7) is 7.71. The van der Waals surface area contributed by atoms with Gasteiger partial charge in [0.1, 0.15) is 0 Å². The Morgan fingerprint density at radius 1 is 0.897 bits per heavy atom. The normalized spacial score (nSPS) is 13.5. The Morgan fingerprint density at radius 3 is 2.13 bits per heavy atom. The van der Waals surface area contributed by atoms with Crippen molar-refractivity contribution in [2.75, 3.05) is 55.9 Å². The summed E-state index contributed by atoms with van der Waals surface area (Å²) in [5.74, 6) is 0.954. The average Bonchev–Trinajstić information content (AvgIpc) is 3.23. The average molecular weight is 529 g/mol. The zero-order valence-electron chi connectivity index (χ0n) is 23.2. The molecule has 0 saturated carbocycles. The van der Waals surface area contributed by atoms with Crippen LogP contribution in [0.5, 0.6) is 11.5 Å². The Kier molecular flexibility index (Phi) is 8.88. The van der Waals surface area contributed by atoms with Crippen LogP contribution in [0.1, 0.15) is 31.9 Å². The van der Waals surface area contributed by atoms with Crippen LogP contribution in [0.15, 0.2) is 66.7 Å². The maximum Gasteiger partial charge on any atom is 0.258 e. The van der Waals surface area contributed by atoms with E-state index < -0.39 is 0 Å². The first-order valence-corrected chi connectivity index (χ1v) is 13.2. The minimum absolute atomic E-state index is 0.0135. The van der Waals surface area contributed by atoms with Crippen molar-refractivity contribution in [3.8, 4) is 11.5 Å². The lowest BCUT2D eigenvalue weighted by Gasteiger charge is -2.23. The zero-order valence-corrected chi connectivity index (χ0v) is 23.2. The molecule has 0 atom stereocenters. The van der Waals surface area contributed by atoms with Crippen molar-refractivity contribution in [2.45, 2.75) is 20.8 Å². The van der Waals surface area contributed by atoms with Crippen molar-refractivity contribution < 1.29 is 19.1 Å². The van der Waals surface area contributed by atoms with E-state index in [2.05, 4.69) is 10.6 Å². The predicted octanol–water partition coefficient (Wildman–Crippen LogP) is 5.33. The molecule has 0 radical (unpaired) electrons. The predicted molar refractivity (Wildman–Crippen MR) is 157 cm³/mol. The lowest BCUT2D eigenvalue weighted by Crippen LogP contribution is -2.35. The SMILES string of the molecule is CCOc1cc2c(cc1OCC)/C(=C(/Nc1ccc(N(CCN(C)C)C(C)=O)cc1)c1ccccc1)C(=O)N2.